The van der Waals surface area contributed by atoms with Gasteiger partial charge in [-0.05, 0) is 24.1 Å². The van der Waals surface area contributed by atoms with Gasteiger partial charge >= 0.3 is 5.63 Å². The topological polar surface area (TPSA) is 108 Å². The fraction of sp³-hybridized carbons (Fsp3) is 0.250. The maximum absolute atomic E-state index is 12.1. The summed E-state index contributed by atoms with van der Waals surface area (Å²) in [6.45, 7) is 1.69. The molecule has 1 aromatic heterocycles. The van der Waals surface area contributed by atoms with E-state index in [0.717, 1.165) is 6.07 Å². The molecule has 1 unspecified atom stereocenters. The number of phenols is 1. The van der Waals surface area contributed by atoms with Gasteiger partial charge in [0, 0.05) is 24.5 Å². The third-order valence-corrected chi connectivity index (χ3v) is 3.75. The average molecular weight is 302 g/mol. The van der Waals surface area contributed by atoms with E-state index < -0.39 is 11.7 Å². The van der Waals surface area contributed by atoms with Gasteiger partial charge in [0.2, 0.25) is 0 Å². The number of hydrogen-bond donors (Lipinski definition) is 3. The first kappa shape index (κ1) is 14.3. The molecular weight excluding hydrogens is 288 g/mol. The zero-order chi connectivity index (χ0) is 16.0. The molecule has 1 aromatic carbocycles. The molecule has 0 bridgehead atoms. The minimum Gasteiger partial charge on any atom is -0.508 e. The molecule has 0 saturated carbocycles. The van der Waals surface area contributed by atoms with Crippen LogP contribution in [0.1, 0.15) is 27.9 Å². The van der Waals surface area contributed by atoms with Crippen LogP contribution in [0.2, 0.25) is 0 Å². The fourth-order valence-corrected chi connectivity index (χ4v) is 2.94. The van der Waals surface area contributed by atoms with Crippen molar-refractivity contribution in [1.82, 2.24) is 0 Å². The van der Waals surface area contributed by atoms with E-state index in [0.29, 0.717) is 16.7 Å². The first-order chi connectivity index (χ1) is 10.4. The number of Topliss-reactive ketones (excluding diaryl/α,β-unsaturated/α-hetero) is 1. The summed E-state index contributed by atoms with van der Waals surface area (Å²) in [6, 6.07) is 3.62. The number of aromatic hydroxyl groups is 2. The van der Waals surface area contributed by atoms with E-state index in [2.05, 4.69) is 0 Å². The molecular formula is C16H14O6. The van der Waals surface area contributed by atoms with Crippen LogP contribution in [0.15, 0.2) is 27.4 Å². The van der Waals surface area contributed by atoms with Gasteiger partial charge in [0.1, 0.15) is 17.3 Å². The molecule has 0 spiro atoms. The van der Waals surface area contributed by atoms with Crippen molar-refractivity contribution < 1.29 is 24.5 Å². The van der Waals surface area contributed by atoms with Gasteiger partial charge in [0.25, 0.3) is 0 Å². The third-order valence-electron chi connectivity index (χ3n) is 3.75. The Balaban J connectivity index is 2.35. The van der Waals surface area contributed by atoms with E-state index in [4.69, 9.17) is 4.42 Å². The summed E-state index contributed by atoms with van der Waals surface area (Å²) in [5, 5.41) is 29.5. The monoisotopic (exact) mass is 302 g/mol. The van der Waals surface area contributed by atoms with E-state index >= 15 is 0 Å². The predicted molar refractivity (Wildman–Crippen MR) is 77.1 cm³/mol. The molecule has 1 aliphatic carbocycles. The van der Waals surface area contributed by atoms with Crippen LogP contribution in [0.25, 0.3) is 11.3 Å². The van der Waals surface area contributed by atoms with Crippen LogP contribution in [0.4, 0.5) is 0 Å². The number of rotatable bonds is 1. The number of aliphatic hydroxyl groups excluding tert-OH is 1. The molecule has 2 aromatic rings. The summed E-state index contributed by atoms with van der Waals surface area (Å²) in [6.07, 6.45) is -0.762. The van der Waals surface area contributed by atoms with Crippen molar-refractivity contribution in [3.05, 3.63) is 45.3 Å². The molecule has 0 aliphatic heterocycles. The van der Waals surface area contributed by atoms with Gasteiger partial charge < -0.3 is 19.7 Å². The van der Waals surface area contributed by atoms with Crippen LogP contribution in [0.5, 0.6) is 11.5 Å². The second-order valence-electron chi connectivity index (χ2n) is 5.43. The second kappa shape index (κ2) is 4.99. The number of ketones is 1. The van der Waals surface area contributed by atoms with Crippen LogP contribution >= 0.6 is 0 Å². The van der Waals surface area contributed by atoms with Gasteiger partial charge in [0.05, 0.1) is 17.7 Å². The summed E-state index contributed by atoms with van der Waals surface area (Å²) < 4.78 is 5.11. The predicted octanol–water partition coefficient (Wildman–Crippen LogP) is 1.52. The molecule has 1 aliphatic rings. The lowest BCUT2D eigenvalue weighted by atomic mass is 9.82. The summed E-state index contributed by atoms with van der Waals surface area (Å²) in [7, 11) is 0. The normalized spacial score (nSPS) is 17.4. The number of carbonyl (C=O) groups excluding carboxylic acids is 1. The molecule has 0 amide bonds. The van der Waals surface area contributed by atoms with E-state index in [1.165, 1.54) is 12.1 Å². The number of phenolic OH excluding ortho intramolecular Hbond substituents is 1. The maximum Gasteiger partial charge on any atom is 0.339 e. The largest absolute Gasteiger partial charge is 0.508 e. The highest BCUT2D eigenvalue weighted by Crippen LogP contribution is 2.39. The Morgan fingerprint density at radius 1 is 1.09 bits per heavy atom. The second-order valence-corrected chi connectivity index (χ2v) is 5.43. The SMILES string of the molecule is Cc1cc(O)c2c(c1-c1cc(O)cc(=O)o1)CC(O)CC2=O. The van der Waals surface area contributed by atoms with Crippen molar-refractivity contribution in [3.8, 4) is 22.8 Å². The van der Waals surface area contributed by atoms with Crippen LogP contribution in [-0.4, -0.2) is 27.2 Å². The molecule has 3 rings (SSSR count). The van der Waals surface area contributed by atoms with Crippen molar-refractivity contribution in [3.63, 3.8) is 0 Å². The molecule has 0 saturated heterocycles. The lowest BCUT2D eigenvalue weighted by Gasteiger charge is -2.24. The van der Waals surface area contributed by atoms with E-state index in [9.17, 15) is 24.9 Å². The Morgan fingerprint density at radius 3 is 2.50 bits per heavy atom. The first-order valence-electron chi connectivity index (χ1n) is 6.78. The summed E-state index contributed by atoms with van der Waals surface area (Å²) >= 11 is 0. The molecule has 1 atom stereocenters. The smallest absolute Gasteiger partial charge is 0.339 e. The van der Waals surface area contributed by atoms with Crippen LogP contribution in [-0.2, 0) is 6.42 Å². The highest BCUT2D eigenvalue weighted by atomic mass is 16.4. The molecule has 22 heavy (non-hydrogen) atoms. The zero-order valence-electron chi connectivity index (χ0n) is 11.8. The molecule has 0 radical (unpaired) electrons. The Kier molecular flexibility index (Phi) is 3.26. The van der Waals surface area contributed by atoms with Crippen LogP contribution in [0.3, 0.4) is 0 Å². The summed E-state index contributed by atoms with van der Waals surface area (Å²) in [5.74, 6) is -0.679. The summed E-state index contributed by atoms with van der Waals surface area (Å²) in [5.41, 5.74) is 0.852. The number of carbonyl (C=O) groups is 1. The minimum atomic E-state index is -0.857. The number of aliphatic hydroxyl groups is 1. The highest BCUT2D eigenvalue weighted by Gasteiger charge is 2.30. The Morgan fingerprint density at radius 2 is 1.82 bits per heavy atom. The number of fused-ring (bicyclic) bond motifs is 1. The maximum atomic E-state index is 12.1. The van der Waals surface area contributed by atoms with Crippen molar-refractivity contribution >= 4 is 5.78 Å². The van der Waals surface area contributed by atoms with Crippen molar-refractivity contribution in [2.24, 2.45) is 0 Å². The van der Waals surface area contributed by atoms with Gasteiger partial charge in [-0.2, -0.15) is 0 Å². The third kappa shape index (κ3) is 2.27. The standard InChI is InChI=1S/C16H14O6/c1-7-2-11(19)16-10(3-8(17)4-12(16)20)15(7)13-5-9(18)6-14(21)22-13/h2,5-6,8,17-19H,3-4H2,1H3. The minimum absolute atomic E-state index is 0.0625. The Hall–Kier alpha value is -2.60. The van der Waals surface area contributed by atoms with Crippen molar-refractivity contribution in [1.29, 1.82) is 0 Å². The Labute approximate surface area is 125 Å². The lowest BCUT2D eigenvalue weighted by molar-refractivity contribution is 0.0850. The first-order valence-corrected chi connectivity index (χ1v) is 6.78. The average Bonchev–Trinajstić information content (AvgIpc) is 2.35. The van der Waals surface area contributed by atoms with E-state index in [1.807, 2.05) is 0 Å². The van der Waals surface area contributed by atoms with Crippen LogP contribution < -0.4 is 5.63 Å². The lowest BCUT2D eigenvalue weighted by Crippen LogP contribution is -2.25. The quantitative estimate of drug-likeness (QED) is 0.737. The highest BCUT2D eigenvalue weighted by molar-refractivity contribution is 6.03. The zero-order valence-corrected chi connectivity index (χ0v) is 11.8. The number of benzene rings is 1. The molecule has 0 fully saturated rings. The van der Waals surface area contributed by atoms with Gasteiger partial charge in [-0.25, -0.2) is 4.79 Å². The van der Waals surface area contributed by atoms with Crippen molar-refractivity contribution in [2.75, 3.05) is 0 Å². The number of hydrogen-bond acceptors (Lipinski definition) is 6. The van der Waals surface area contributed by atoms with Gasteiger partial charge in [-0.15, -0.1) is 0 Å². The molecule has 1 heterocycles. The van der Waals surface area contributed by atoms with Gasteiger partial charge in [-0.3, -0.25) is 4.79 Å². The van der Waals surface area contributed by atoms with E-state index in [1.54, 1.807) is 6.92 Å². The Bertz CT molecular complexity index is 833. The molecule has 114 valence electrons. The van der Waals surface area contributed by atoms with Gasteiger partial charge in [0.15, 0.2) is 5.78 Å². The molecule has 3 N–H and O–H groups in total. The summed E-state index contributed by atoms with van der Waals surface area (Å²) in [4.78, 5) is 23.6. The van der Waals surface area contributed by atoms with E-state index in [-0.39, 0.29) is 41.4 Å². The molecule has 6 heteroatoms. The number of aryl methyl sites for hydroxylation is 1. The molecule has 6 nitrogen and oxygen atoms in total. The fourth-order valence-electron chi connectivity index (χ4n) is 2.94. The van der Waals surface area contributed by atoms with Gasteiger partial charge in [-0.1, -0.05) is 0 Å². The van der Waals surface area contributed by atoms with Crippen molar-refractivity contribution in [2.45, 2.75) is 25.9 Å². The van der Waals surface area contributed by atoms with Crippen LogP contribution in [0, 0.1) is 6.92 Å².